The molecule has 0 aromatic heterocycles. The van der Waals surface area contributed by atoms with Crippen LogP contribution in [0, 0.1) is 0 Å². The monoisotopic (exact) mass is 715 g/mol. The SMILES string of the molecule is CCS(=O)(=O)C[C@@H](C)NC(=O)c1ccc(/C(F)=C/C(c2cc(Cl)c(Br)c(Br)c2)C(F)(F)F)cc1C(F)(F)F. The molecule has 2 atom stereocenters. The van der Waals surface area contributed by atoms with Gasteiger partial charge >= 0.3 is 12.4 Å². The summed E-state index contributed by atoms with van der Waals surface area (Å²) in [7, 11) is -3.56. The van der Waals surface area contributed by atoms with Crippen LogP contribution in [-0.4, -0.2) is 38.0 Å². The van der Waals surface area contributed by atoms with Gasteiger partial charge in [-0.25, -0.2) is 12.8 Å². The lowest BCUT2D eigenvalue weighted by Crippen LogP contribution is -2.38. The molecule has 15 heteroatoms. The van der Waals surface area contributed by atoms with E-state index in [9.17, 15) is 43.9 Å². The minimum absolute atomic E-state index is 0.110. The van der Waals surface area contributed by atoms with Gasteiger partial charge in [-0.2, -0.15) is 26.3 Å². The van der Waals surface area contributed by atoms with Gasteiger partial charge in [0.1, 0.15) is 11.7 Å². The Bertz CT molecular complexity index is 1320. The van der Waals surface area contributed by atoms with Crippen molar-refractivity contribution in [1.82, 2.24) is 5.32 Å². The van der Waals surface area contributed by atoms with Crippen LogP contribution in [0.2, 0.25) is 5.02 Å². The number of allylic oxidation sites excluding steroid dienone is 1. The summed E-state index contributed by atoms with van der Waals surface area (Å²) in [4.78, 5) is 12.5. The third-order valence-corrected chi connectivity index (χ3v) is 9.62. The first kappa shape index (κ1) is 32.6. The van der Waals surface area contributed by atoms with E-state index >= 15 is 0 Å². The Hall–Kier alpha value is -1.64. The predicted molar refractivity (Wildman–Crippen MR) is 137 cm³/mol. The molecule has 0 aliphatic heterocycles. The number of hydrogen-bond donors (Lipinski definition) is 1. The van der Waals surface area contributed by atoms with Crippen molar-refractivity contribution in [1.29, 1.82) is 0 Å². The fourth-order valence-corrected chi connectivity index (χ4v) is 5.47. The van der Waals surface area contributed by atoms with Crippen LogP contribution in [0.25, 0.3) is 5.83 Å². The highest BCUT2D eigenvalue weighted by molar-refractivity contribution is 9.13. The maximum Gasteiger partial charge on any atom is 0.417 e. The van der Waals surface area contributed by atoms with Crippen LogP contribution >= 0.6 is 43.5 Å². The van der Waals surface area contributed by atoms with Gasteiger partial charge in [-0.1, -0.05) is 24.6 Å². The van der Waals surface area contributed by atoms with Gasteiger partial charge in [0.15, 0.2) is 9.84 Å². The van der Waals surface area contributed by atoms with Crippen LogP contribution in [0.1, 0.15) is 46.8 Å². The Labute approximate surface area is 235 Å². The van der Waals surface area contributed by atoms with Crippen LogP contribution in [0.4, 0.5) is 30.7 Å². The van der Waals surface area contributed by atoms with Gasteiger partial charge < -0.3 is 5.32 Å². The molecule has 0 saturated carbocycles. The second kappa shape index (κ2) is 12.3. The molecular formula is C23H19Br2ClF7NO3S. The van der Waals surface area contributed by atoms with Crippen molar-refractivity contribution in [3.05, 3.63) is 72.6 Å². The van der Waals surface area contributed by atoms with Gasteiger partial charge in [0.25, 0.3) is 5.91 Å². The van der Waals surface area contributed by atoms with Gasteiger partial charge in [-0.15, -0.1) is 0 Å². The second-order valence-electron chi connectivity index (χ2n) is 8.16. The van der Waals surface area contributed by atoms with E-state index < -0.39 is 73.9 Å². The number of benzene rings is 2. The van der Waals surface area contributed by atoms with E-state index in [1.807, 2.05) is 0 Å². The van der Waals surface area contributed by atoms with Crippen molar-refractivity contribution in [3.63, 3.8) is 0 Å². The Morgan fingerprint density at radius 1 is 1.11 bits per heavy atom. The van der Waals surface area contributed by atoms with Crippen LogP contribution in [0.3, 0.4) is 0 Å². The highest BCUT2D eigenvalue weighted by Crippen LogP contribution is 2.43. The number of amides is 1. The molecule has 1 N–H and O–H groups in total. The van der Waals surface area contributed by atoms with Gasteiger partial charge in [-0.3, -0.25) is 4.79 Å². The van der Waals surface area contributed by atoms with Crippen molar-refractivity contribution < 1.29 is 43.9 Å². The standard InChI is InChI=1S/C23H19Br2ClF7NO3S/c1-3-38(36,37)10-11(2)34-21(35)14-5-4-12(6-16(14)23(31,32)33)19(27)9-15(22(28,29)30)13-7-17(24)20(25)18(26)8-13/h4-9,11,15H,3,10H2,1-2H3,(H,34,35)/b19-9-/t11-,15?/m1/s1. The lowest BCUT2D eigenvalue weighted by molar-refractivity contribution is -0.140. The van der Waals surface area contributed by atoms with Gasteiger partial charge in [0, 0.05) is 21.8 Å². The lowest BCUT2D eigenvalue weighted by atomic mass is 9.95. The first-order chi connectivity index (χ1) is 17.3. The van der Waals surface area contributed by atoms with Crippen molar-refractivity contribution in [2.75, 3.05) is 11.5 Å². The van der Waals surface area contributed by atoms with E-state index in [0.717, 1.165) is 18.2 Å². The molecule has 0 spiro atoms. The molecule has 1 unspecified atom stereocenters. The van der Waals surface area contributed by atoms with Gasteiger partial charge in [-0.05, 0) is 74.7 Å². The average molecular weight is 718 g/mol. The van der Waals surface area contributed by atoms with Gasteiger partial charge in [0.2, 0.25) is 0 Å². The molecular weight excluding hydrogens is 699 g/mol. The molecule has 0 radical (unpaired) electrons. The summed E-state index contributed by atoms with van der Waals surface area (Å²) in [6, 6.07) is 2.47. The maximum atomic E-state index is 15.0. The lowest BCUT2D eigenvalue weighted by Gasteiger charge is -2.20. The molecule has 0 heterocycles. The number of rotatable bonds is 8. The molecule has 0 fully saturated rings. The Balaban J connectivity index is 2.52. The third-order valence-electron chi connectivity index (χ3n) is 5.20. The highest BCUT2D eigenvalue weighted by Gasteiger charge is 2.41. The number of alkyl halides is 6. The van der Waals surface area contributed by atoms with E-state index in [1.54, 1.807) is 0 Å². The topological polar surface area (TPSA) is 63.2 Å². The smallest absolute Gasteiger partial charge is 0.349 e. The maximum absolute atomic E-state index is 15.0. The molecule has 4 nitrogen and oxygen atoms in total. The predicted octanol–water partition coefficient (Wildman–Crippen LogP) is 8.09. The summed E-state index contributed by atoms with van der Waals surface area (Å²) in [5.74, 6) is -6.25. The molecule has 0 bridgehead atoms. The van der Waals surface area contributed by atoms with Crippen molar-refractivity contribution in [3.8, 4) is 0 Å². The number of halogens is 10. The van der Waals surface area contributed by atoms with E-state index in [2.05, 4.69) is 37.2 Å². The first-order valence-electron chi connectivity index (χ1n) is 10.6. The van der Waals surface area contributed by atoms with Crippen LogP contribution in [-0.2, 0) is 16.0 Å². The molecule has 0 aliphatic rings. The summed E-state index contributed by atoms with van der Waals surface area (Å²) in [5.41, 5.74) is -3.90. The summed E-state index contributed by atoms with van der Waals surface area (Å²) < 4.78 is 121. The summed E-state index contributed by atoms with van der Waals surface area (Å²) in [6.07, 6.45) is -10.1. The molecule has 2 aromatic rings. The minimum atomic E-state index is -5.19. The van der Waals surface area contributed by atoms with Crippen LogP contribution in [0.15, 0.2) is 45.4 Å². The molecule has 38 heavy (non-hydrogen) atoms. The largest absolute Gasteiger partial charge is 0.417 e. The molecule has 2 rings (SSSR count). The fraction of sp³-hybridized carbons (Fsp3) is 0.348. The Kier molecular flexibility index (Phi) is 10.5. The number of hydrogen-bond acceptors (Lipinski definition) is 3. The van der Waals surface area contributed by atoms with E-state index in [4.69, 9.17) is 11.6 Å². The zero-order chi connectivity index (χ0) is 29.2. The molecule has 1 amide bonds. The second-order valence-corrected chi connectivity index (χ2v) is 12.6. The minimum Gasteiger partial charge on any atom is -0.349 e. The number of nitrogens with one attached hydrogen (secondary N) is 1. The van der Waals surface area contributed by atoms with Crippen LogP contribution in [0.5, 0.6) is 0 Å². The Morgan fingerprint density at radius 2 is 1.71 bits per heavy atom. The quantitative estimate of drug-likeness (QED) is 0.222. The molecule has 0 saturated heterocycles. The third kappa shape index (κ3) is 8.43. The molecule has 0 aliphatic carbocycles. The van der Waals surface area contributed by atoms with Crippen molar-refractivity contribution in [2.24, 2.45) is 0 Å². The van der Waals surface area contributed by atoms with E-state index in [0.29, 0.717) is 6.07 Å². The highest BCUT2D eigenvalue weighted by atomic mass is 79.9. The zero-order valence-corrected chi connectivity index (χ0v) is 24.2. The first-order valence-corrected chi connectivity index (χ1v) is 14.4. The molecule has 210 valence electrons. The summed E-state index contributed by atoms with van der Waals surface area (Å²) >= 11 is 12.0. The molecule has 2 aromatic carbocycles. The van der Waals surface area contributed by atoms with Crippen LogP contribution < -0.4 is 5.32 Å². The average Bonchev–Trinajstić information content (AvgIpc) is 2.78. The number of carbonyl (C=O) groups is 1. The normalized spacial score (nSPS) is 14.8. The summed E-state index contributed by atoms with van der Waals surface area (Å²) in [6.45, 7) is 2.64. The summed E-state index contributed by atoms with van der Waals surface area (Å²) in [5, 5.41) is 2.02. The van der Waals surface area contributed by atoms with Crippen molar-refractivity contribution in [2.45, 2.75) is 38.2 Å². The van der Waals surface area contributed by atoms with E-state index in [1.165, 1.54) is 13.8 Å². The zero-order valence-electron chi connectivity index (χ0n) is 19.4. The Morgan fingerprint density at radius 3 is 2.21 bits per heavy atom. The van der Waals surface area contributed by atoms with Gasteiger partial charge in [0.05, 0.1) is 26.4 Å². The number of carbonyl (C=O) groups excluding carboxylic acids is 1. The van der Waals surface area contributed by atoms with Crippen molar-refractivity contribution >= 4 is 65.0 Å². The number of sulfone groups is 1. The fourth-order valence-electron chi connectivity index (χ4n) is 3.34. The van der Waals surface area contributed by atoms with E-state index in [-0.39, 0.29) is 31.9 Å².